The maximum atomic E-state index is 3.89. The molecule has 0 radical (unpaired) electrons. The molecule has 136 valence electrons. The van der Waals surface area contributed by atoms with Gasteiger partial charge in [-0.2, -0.15) is 0 Å². The highest BCUT2D eigenvalue weighted by atomic mass is 35.5. The number of hydrogen-bond donors (Lipinski definition) is 1. The van der Waals surface area contributed by atoms with Crippen molar-refractivity contribution in [3.05, 3.63) is 13.2 Å². The highest BCUT2D eigenvalue weighted by Gasteiger charge is 1.94. The van der Waals surface area contributed by atoms with E-state index >= 15 is 0 Å². The molecule has 0 atom stereocenters. The fourth-order valence-corrected chi connectivity index (χ4v) is 2.72. The van der Waals surface area contributed by atoms with E-state index in [9.17, 15) is 0 Å². The van der Waals surface area contributed by atoms with Crippen LogP contribution < -0.4 is 18.1 Å². The molecule has 0 aromatic carbocycles. The molecule has 0 fully saturated rings. The molecule has 0 aromatic heterocycles. The van der Waals surface area contributed by atoms with Gasteiger partial charge in [0.25, 0.3) is 0 Å². The minimum absolute atomic E-state index is 0. The molecule has 0 aliphatic heterocycles. The minimum atomic E-state index is 0. The van der Waals surface area contributed by atoms with Gasteiger partial charge in [0.1, 0.15) is 0 Å². The van der Waals surface area contributed by atoms with E-state index in [2.05, 4.69) is 25.8 Å². The number of halogens is 1. The zero-order chi connectivity index (χ0) is 16.0. The zero-order valence-electron chi connectivity index (χ0n) is 15.5. The van der Waals surface area contributed by atoms with Gasteiger partial charge in [0.2, 0.25) is 0 Å². The van der Waals surface area contributed by atoms with Crippen LogP contribution in [0.5, 0.6) is 0 Å². The van der Waals surface area contributed by atoms with Crippen molar-refractivity contribution in [2.45, 2.75) is 110 Å². The summed E-state index contributed by atoms with van der Waals surface area (Å²) in [5, 5.41) is 0. The first-order chi connectivity index (χ1) is 10.4. The molecule has 0 rings (SSSR count). The van der Waals surface area contributed by atoms with Crippen LogP contribution in [0.25, 0.3) is 0 Å². The third kappa shape index (κ3) is 28.2. The first kappa shape index (κ1) is 26.9. The van der Waals surface area contributed by atoms with E-state index in [1.165, 1.54) is 103 Å². The van der Waals surface area contributed by atoms with Gasteiger partial charge in [0.15, 0.2) is 0 Å². The molecule has 0 bridgehead atoms. The third-order valence-electron chi connectivity index (χ3n) is 4.10. The second-order valence-corrected chi connectivity index (χ2v) is 6.16. The normalized spacial score (nSPS) is 9.73. The summed E-state index contributed by atoms with van der Waals surface area (Å²) in [6.07, 6.45) is 23.2. The topological polar surface area (TPSA) is 27.6 Å². The van der Waals surface area contributed by atoms with Crippen molar-refractivity contribution < 1.29 is 18.1 Å². The van der Waals surface area contributed by atoms with Gasteiger partial charge in [-0.15, -0.1) is 13.2 Å². The number of quaternary nitrogens is 1. The number of unbranched alkanes of at least 4 members (excludes halogenated alkanes) is 15. The fraction of sp³-hybridized carbons (Fsp3) is 0.900. The van der Waals surface area contributed by atoms with Crippen LogP contribution in [0.2, 0.25) is 0 Å². The highest BCUT2D eigenvalue weighted by molar-refractivity contribution is 4.49. The van der Waals surface area contributed by atoms with Gasteiger partial charge in [0, 0.05) is 0 Å². The highest BCUT2D eigenvalue weighted by Crippen LogP contribution is 2.13. The minimum Gasteiger partial charge on any atom is -1.00 e. The first-order valence-electron chi connectivity index (χ1n) is 9.71. The SMILES string of the molecule is C=C.CCCCCCCCCCCCCCCCCC[NH3+].[Cl-]. The van der Waals surface area contributed by atoms with Gasteiger partial charge in [-0.05, 0) is 12.8 Å². The summed E-state index contributed by atoms with van der Waals surface area (Å²) in [5.41, 5.74) is 3.89. The monoisotopic (exact) mass is 333 g/mol. The Morgan fingerprint density at radius 2 is 0.727 bits per heavy atom. The summed E-state index contributed by atoms with van der Waals surface area (Å²) >= 11 is 0. The Balaban J connectivity index is -0.00000115. The molecular formula is C20H44ClN. The summed E-state index contributed by atoms with van der Waals surface area (Å²) in [5.74, 6) is 0. The summed E-state index contributed by atoms with van der Waals surface area (Å²) in [7, 11) is 0. The molecule has 0 aromatic rings. The Morgan fingerprint density at radius 3 is 0.955 bits per heavy atom. The summed E-state index contributed by atoms with van der Waals surface area (Å²) < 4.78 is 0. The smallest absolute Gasteiger partial charge is 0.0739 e. The second-order valence-electron chi connectivity index (χ2n) is 6.16. The molecule has 0 aliphatic rings. The zero-order valence-corrected chi connectivity index (χ0v) is 16.3. The van der Waals surface area contributed by atoms with Crippen molar-refractivity contribution in [1.29, 1.82) is 0 Å². The van der Waals surface area contributed by atoms with Crippen LogP contribution in [0.1, 0.15) is 110 Å². The van der Waals surface area contributed by atoms with Gasteiger partial charge in [-0.25, -0.2) is 0 Å². The molecule has 0 heterocycles. The van der Waals surface area contributed by atoms with Crippen LogP contribution in [0.4, 0.5) is 0 Å². The molecule has 0 aliphatic carbocycles. The molecule has 0 saturated heterocycles. The van der Waals surface area contributed by atoms with E-state index < -0.39 is 0 Å². The molecule has 0 saturated carbocycles. The van der Waals surface area contributed by atoms with Crippen LogP contribution in [-0.2, 0) is 0 Å². The number of rotatable bonds is 16. The van der Waals surface area contributed by atoms with Crippen molar-refractivity contribution in [1.82, 2.24) is 0 Å². The van der Waals surface area contributed by atoms with Gasteiger partial charge < -0.3 is 18.1 Å². The molecule has 0 spiro atoms. The molecule has 1 nitrogen and oxygen atoms in total. The lowest BCUT2D eigenvalue weighted by Crippen LogP contribution is -3.00. The quantitative estimate of drug-likeness (QED) is 0.331. The Hall–Kier alpha value is -0.0100. The molecule has 2 heteroatoms. The molecule has 22 heavy (non-hydrogen) atoms. The lowest BCUT2D eigenvalue weighted by atomic mass is 10.0. The Bertz CT molecular complexity index is 146. The lowest BCUT2D eigenvalue weighted by molar-refractivity contribution is -0.368. The van der Waals surface area contributed by atoms with Crippen molar-refractivity contribution in [2.75, 3.05) is 6.54 Å². The van der Waals surface area contributed by atoms with Crippen LogP contribution in [0.3, 0.4) is 0 Å². The van der Waals surface area contributed by atoms with E-state index in [1.54, 1.807) is 0 Å². The summed E-state index contributed by atoms with van der Waals surface area (Å²) in [6.45, 7) is 9.42. The van der Waals surface area contributed by atoms with E-state index in [0.29, 0.717) is 0 Å². The fourth-order valence-electron chi connectivity index (χ4n) is 2.72. The lowest BCUT2D eigenvalue weighted by Gasteiger charge is -2.03. The van der Waals surface area contributed by atoms with Crippen molar-refractivity contribution in [3.8, 4) is 0 Å². The predicted molar refractivity (Wildman–Crippen MR) is 98.6 cm³/mol. The molecule has 3 N–H and O–H groups in total. The van der Waals surface area contributed by atoms with Gasteiger partial charge >= 0.3 is 0 Å². The van der Waals surface area contributed by atoms with Gasteiger partial charge in [-0.3, -0.25) is 0 Å². The maximum Gasteiger partial charge on any atom is 0.0739 e. The standard InChI is InChI=1S/C18H39N.C2H4.ClH/c1-2-3-4-5-6-7-8-9-10-11-12-13-14-15-16-17-18-19;1-2;/h2-19H2,1H3;1-2H2;1H. The van der Waals surface area contributed by atoms with Gasteiger partial charge in [0.05, 0.1) is 6.54 Å². The molecule has 0 unspecified atom stereocenters. The summed E-state index contributed by atoms with van der Waals surface area (Å²) in [6, 6.07) is 0. The van der Waals surface area contributed by atoms with Crippen LogP contribution >= 0.6 is 0 Å². The van der Waals surface area contributed by atoms with Crippen molar-refractivity contribution >= 4 is 0 Å². The Morgan fingerprint density at radius 1 is 0.500 bits per heavy atom. The first-order valence-corrected chi connectivity index (χ1v) is 9.71. The van der Waals surface area contributed by atoms with Gasteiger partial charge in [-0.1, -0.05) is 96.8 Å². The van der Waals surface area contributed by atoms with Crippen molar-refractivity contribution in [3.63, 3.8) is 0 Å². The summed E-state index contributed by atoms with van der Waals surface area (Å²) in [4.78, 5) is 0. The molecular weight excluding hydrogens is 290 g/mol. The van der Waals surface area contributed by atoms with E-state index in [1.807, 2.05) is 0 Å². The molecule has 0 amide bonds. The van der Waals surface area contributed by atoms with E-state index in [4.69, 9.17) is 0 Å². The van der Waals surface area contributed by atoms with E-state index in [0.717, 1.165) is 6.54 Å². The largest absolute Gasteiger partial charge is 1.00 e. The maximum absolute atomic E-state index is 3.89. The third-order valence-corrected chi connectivity index (χ3v) is 4.10. The predicted octanol–water partition coefficient (Wildman–Crippen LogP) is 3.30. The Labute approximate surface area is 147 Å². The average molecular weight is 334 g/mol. The van der Waals surface area contributed by atoms with Crippen LogP contribution in [-0.4, -0.2) is 6.54 Å². The van der Waals surface area contributed by atoms with Crippen LogP contribution in [0, 0.1) is 0 Å². The second kappa shape index (κ2) is 29.1. The van der Waals surface area contributed by atoms with E-state index in [-0.39, 0.29) is 12.4 Å². The average Bonchev–Trinajstić information content (AvgIpc) is 2.53. The van der Waals surface area contributed by atoms with Crippen molar-refractivity contribution in [2.24, 2.45) is 0 Å². The number of hydrogen-bond acceptors (Lipinski definition) is 0. The van der Waals surface area contributed by atoms with Crippen LogP contribution in [0.15, 0.2) is 13.2 Å². The Kier molecular flexibility index (Phi) is 35.5.